The van der Waals surface area contributed by atoms with Gasteiger partial charge in [0.15, 0.2) is 5.82 Å². The number of aromatic nitrogens is 3. The normalized spacial score (nSPS) is 11.9. The SMILES string of the molecule is C=C/C(=C\C=C\c1cc(-c2cccc3ccccc23)nc(-c2cccc(-c3c4ccccc4c(-c4cccc5ccccc45)c4ccccc34)c2)n1)c1cccnc1. The van der Waals surface area contributed by atoms with Crippen molar-refractivity contribution in [1.82, 2.24) is 15.0 Å². The third-order valence-electron chi connectivity index (χ3n) is 11.0. The number of benzene rings is 8. The van der Waals surface area contributed by atoms with Crippen LogP contribution < -0.4 is 0 Å². The first-order valence-electron chi connectivity index (χ1n) is 19.5. The molecule has 0 spiro atoms. The summed E-state index contributed by atoms with van der Waals surface area (Å²) in [5.74, 6) is 0.660. The molecule has 0 aliphatic carbocycles. The first-order chi connectivity index (χ1) is 28.7. The lowest BCUT2D eigenvalue weighted by molar-refractivity contribution is 1.17. The number of fused-ring (bicyclic) bond motifs is 4. The van der Waals surface area contributed by atoms with Crippen LogP contribution in [0.2, 0.25) is 0 Å². The molecule has 0 saturated heterocycles. The van der Waals surface area contributed by atoms with E-state index in [1.807, 2.05) is 42.6 Å². The summed E-state index contributed by atoms with van der Waals surface area (Å²) in [4.78, 5) is 14.8. The lowest BCUT2D eigenvalue weighted by Gasteiger charge is -2.19. The molecule has 272 valence electrons. The Labute approximate surface area is 337 Å². The van der Waals surface area contributed by atoms with Gasteiger partial charge in [-0.05, 0) is 101 Å². The molecule has 2 aromatic heterocycles. The summed E-state index contributed by atoms with van der Waals surface area (Å²) in [5.41, 5.74) is 10.4. The molecule has 8 aromatic carbocycles. The minimum atomic E-state index is 0.660. The van der Waals surface area contributed by atoms with Crippen molar-refractivity contribution in [2.45, 2.75) is 0 Å². The Morgan fingerprint density at radius 3 is 1.71 bits per heavy atom. The van der Waals surface area contributed by atoms with Crippen LogP contribution in [0.5, 0.6) is 0 Å². The molecule has 3 nitrogen and oxygen atoms in total. The molecular formula is C55H37N3. The van der Waals surface area contributed by atoms with E-state index in [0.29, 0.717) is 5.82 Å². The van der Waals surface area contributed by atoms with E-state index >= 15 is 0 Å². The predicted molar refractivity (Wildman–Crippen MR) is 245 cm³/mol. The molecule has 0 bridgehead atoms. The highest BCUT2D eigenvalue weighted by molar-refractivity contribution is 6.23. The molecule has 0 N–H and O–H groups in total. The number of nitrogens with zero attached hydrogens (tertiary/aromatic N) is 3. The van der Waals surface area contributed by atoms with Gasteiger partial charge in [-0.15, -0.1) is 0 Å². The highest BCUT2D eigenvalue weighted by atomic mass is 14.9. The van der Waals surface area contributed by atoms with Gasteiger partial charge in [0.2, 0.25) is 0 Å². The maximum atomic E-state index is 5.29. The summed E-state index contributed by atoms with van der Waals surface area (Å²) < 4.78 is 0. The van der Waals surface area contributed by atoms with Crippen LogP contribution in [0.25, 0.3) is 99.6 Å². The molecule has 10 aromatic rings. The van der Waals surface area contributed by atoms with Crippen LogP contribution in [0.3, 0.4) is 0 Å². The van der Waals surface area contributed by atoms with Crippen LogP contribution in [0.15, 0.2) is 213 Å². The van der Waals surface area contributed by atoms with Crippen molar-refractivity contribution in [2.75, 3.05) is 0 Å². The van der Waals surface area contributed by atoms with Gasteiger partial charge >= 0.3 is 0 Å². The first kappa shape index (κ1) is 34.7. The van der Waals surface area contributed by atoms with Gasteiger partial charge in [-0.25, -0.2) is 9.97 Å². The monoisotopic (exact) mass is 739 g/mol. The molecule has 58 heavy (non-hydrogen) atoms. The Hall–Kier alpha value is -7.75. The average Bonchev–Trinajstić information content (AvgIpc) is 3.29. The van der Waals surface area contributed by atoms with E-state index < -0.39 is 0 Å². The zero-order valence-electron chi connectivity index (χ0n) is 31.8. The minimum Gasteiger partial charge on any atom is -0.264 e. The largest absolute Gasteiger partial charge is 0.264 e. The zero-order chi connectivity index (χ0) is 38.8. The van der Waals surface area contributed by atoms with Crippen LogP contribution in [0, 0.1) is 0 Å². The van der Waals surface area contributed by atoms with E-state index in [9.17, 15) is 0 Å². The number of allylic oxidation sites excluding steroid dienone is 4. The lowest BCUT2D eigenvalue weighted by Crippen LogP contribution is -1.97. The van der Waals surface area contributed by atoms with E-state index in [1.165, 1.54) is 54.4 Å². The molecular weight excluding hydrogens is 703 g/mol. The molecule has 10 rings (SSSR count). The van der Waals surface area contributed by atoms with Crippen LogP contribution >= 0.6 is 0 Å². The van der Waals surface area contributed by atoms with E-state index in [4.69, 9.17) is 9.97 Å². The van der Waals surface area contributed by atoms with Crippen molar-refractivity contribution in [1.29, 1.82) is 0 Å². The van der Waals surface area contributed by atoms with Crippen molar-refractivity contribution in [3.8, 4) is 44.9 Å². The van der Waals surface area contributed by atoms with Crippen molar-refractivity contribution in [3.05, 3.63) is 224 Å². The molecule has 3 heteroatoms. The van der Waals surface area contributed by atoms with Gasteiger partial charge in [0.25, 0.3) is 0 Å². The second kappa shape index (κ2) is 15.1. The van der Waals surface area contributed by atoms with E-state index in [-0.39, 0.29) is 0 Å². The lowest BCUT2D eigenvalue weighted by atomic mass is 9.84. The quantitative estimate of drug-likeness (QED) is 0.115. The van der Waals surface area contributed by atoms with E-state index in [0.717, 1.165) is 44.6 Å². The fraction of sp³-hybridized carbons (Fsp3) is 0. The summed E-state index contributed by atoms with van der Waals surface area (Å²) >= 11 is 0. The Morgan fingerprint density at radius 1 is 0.483 bits per heavy atom. The molecule has 0 atom stereocenters. The summed E-state index contributed by atoms with van der Waals surface area (Å²) in [6, 6.07) is 62.5. The molecule has 0 fully saturated rings. The Bertz CT molecular complexity index is 3180. The third-order valence-corrected chi connectivity index (χ3v) is 11.0. The van der Waals surface area contributed by atoms with E-state index in [1.54, 1.807) is 6.20 Å². The Kier molecular flexibility index (Phi) is 9.02. The van der Waals surface area contributed by atoms with Gasteiger partial charge in [0.1, 0.15) is 0 Å². The molecule has 0 saturated carbocycles. The average molecular weight is 740 g/mol. The Morgan fingerprint density at radius 2 is 1.05 bits per heavy atom. The van der Waals surface area contributed by atoms with Gasteiger partial charge in [-0.1, -0.05) is 183 Å². The second-order valence-electron chi connectivity index (χ2n) is 14.4. The molecule has 0 aliphatic heterocycles. The summed E-state index contributed by atoms with van der Waals surface area (Å²) in [6.07, 6.45) is 11.6. The van der Waals surface area contributed by atoms with Crippen molar-refractivity contribution in [3.63, 3.8) is 0 Å². The van der Waals surface area contributed by atoms with Gasteiger partial charge in [0.05, 0.1) is 11.4 Å². The molecule has 0 unspecified atom stereocenters. The maximum Gasteiger partial charge on any atom is 0.160 e. The standard InChI is InChI=1S/C55H37N3/c1-2-37(42-23-15-33-56-36-42)18-12-24-43-35-52(46-31-13-19-38-16-3-5-25-44(38)46)58-55(57-43)41-22-11-21-40(34-41)53-48-27-7-9-29-50(48)54(51-30-10-8-28-49(51)53)47-32-14-20-39-17-4-6-26-45(39)47/h2-36H,1H2/b24-12+,37-18+. The summed E-state index contributed by atoms with van der Waals surface area (Å²) in [5, 5.41) is 9.64. The van der Waals surface area contributed by atoms with Gasteiger partial charge < -0.3 is 0 Å². The summed E-state index contributed by atoms with van der Waals surface area (Å²) in [7, 11) is 0. The molecule has 0 amide bonds. The number of rotatable bonds is 8. The van der Waals surface area contributed by atoms with Gasteiger partial charge in [0, 0.05) is 23.5 Å². The number of hydrogen-bond donors (Lipinski definition) is 0. The molecule has 0 radical (unpaired) electrons. The van der Waals surface area contributed by atoms with Crippen molar-refractivity contribution >= 4 is 54.7 Å². The third kappa shape index (κ3) is 6.35. The highest BCUT2D eigenvalue weighted by Crippen LogP contribution is 2.45. The number of pyridine rings is 1. The van der Waals surface area contributed by atoms with Crippen LogP contribution in [-0.4, -0.2) is 15.0 Å². The van der Waals surface area contributed by atoms with Crippen LogP contribution in [-0.2, 0) is 0 Å². The minimum absolute atomic E-state index is 0.660. The fourth-order valence-corrected chi connectivity index (χ4v) is 8.32. The Balaban J connectivity index is 1.16. The maximum absolute atomic E-state index is 5.29. The first-order valence-corrected chi connectivity index (χ1v) is 19.5. The van der Waals surface area contributed by atoms with Crippen LogP contribution in [0.4, 0.5) is 0 Å². The predicted octanol–water partition coefficient (Wildman–Crippen LogP) is 14.4. The van der Waals surface area contributed by atoms with Crippen molar-refractivity contribution < 1.29 is 0 Å². The van der Waals surface area contributed by atoms with Crippen LogP contribution in [0.1, 0.15) is 11.3 Å². The number of hydrogen-bond acceptors (Lipinski definition) is 3. The zero-order valence-corrected chi connectivity index (χ0v) is 31.8. The molecule has 0 aliphatic rings. The van der Waals surface area contributed by atoms with E-state index in [2.05, 4.69) is 175 Å². The topological polar surface area (TPSA) is 38.7 Å². The van der Waals surface area contributed by atoms with Gasteiger partial charge in [-0.2, -0.15) is 0 Å². The summed E-state index contributed by atoms with van der Waals surface area (Å²) in [6.45, 7) is 4.05. The van der Waals surface area contributed by atoms with Gasteiger partial charge in [-0.3, -0.25) is 4.98 Å². The fourth-order valence-electron chi connectivity index (χ4n) is 8.32. The molecule has 2 heterocycles. The second-order valence-corrected chi connectivity index (χ2v) is 14.4. The van der Waals surface area contributed by atoms with Crippen molar-refractivity contribution in [2.24, 2.45) is 0 Å². The smallest absolute Gasteiger partial charge is 0.160 e. The highest BCUT2D eigenvalue weighted by Gasteiger charge is 2.19.